The Morgan fingerprint density at radius 1 is 1.26 bits per heavy atom. The molecule has 7 nitrogen and oxygen atoms in total. The van der Waals surface area contributed by atoms with Gasteiger partial charge >= 0.3 is 5.97 Å². The van der Waals surface area contributed by atoms with Gasteiger partial charge in [-0.05, 0) is 36.9 Å². The zero-order valence-electron chi connectivity index (χ0n) is 16.9. The number of nitrogens with one attached hydrogen (secondary N) is 1. The second-order valence-electron chi connectivity index (χ2n) is 7.02. The fraction of sp³-hybridized carbons (Fsp3) is 0.182. The standard InChI is InChI=1S/C22H19ClN4O3S/c1-13-3-5-15(6-4-13)11-27-21(23)16(14(2)26-27)7-8-19(28)30-12-18-24-17-9-10-31-20(17)22(29)25-18/h3-10H,11-12H2,1-2H3,(H,24,25,29). The van der Waals surface area contributed by atoms with Crippen molar-refractivity contribution in [2.24, 2.45) is 0 Å². The van der Waals surface area contributed by atoms with Crippen LogP contribution < -0.4 is 5.56 Å². The summed E-state index contributed by atoms with van der Waals surface area (Å²) in [6.07, 6.45) is 2.87. The Kier molecular flexibility index (Phi) is 6.01. The van der Waals surface area contributed by atoms with E-state index in [1.807, 2.05) is 38.1 Å². The number of aromatic amines is 1. The van der Waals surface area contributed by atoms with E-state index in [-0.39, 0.29) is 18.0 Å². The molecule has 0 aliphatic carbocycles. The van der Waals surface area contributed by atoms with Gasteiger partial charge in [-0.25, -0.2) is 14.5 Å². The first-order chi connectivity index (χ1) is 14.9. The number of fused-ring (bicyclic) bond motifs is 1. The van der Waals surface area contributed by atoms with E-state index in [1.165, 1.54) is 23.0 Å². The summed E-state index contributed by atoms with van der Waals surface area (Å²) >= 11 is 7.79. The number of carbonyl (C=O) groups is 1. The molecule has 0 aliphatic heterocycles. The first kappa shape index (κ1) is 21.0. The van der Waals surface area contributed by atoms with Crippen LogP contribution in [0.3, 0.4) is 0 Å². The van der Waals surface area contributed by atoms with Crippen LogP contribution >= 0.6 is 22.9 Å². The third-order valence-electron chi connectivity index (χ3n) is 4.66. The molecular weight excluding hydrogens is 436 g/mol. The number of rotatable bonds is 6. The zero-order valence-corrected chi connectivity index (χ0v) is 18.5. The third-order valence-corrected chi connectivity index (χ3v) is 5.96. The summed E-state index contributed by atoms with van der Waals surface area (Å²) < 4.78 is 7.43. The largest absolute Gasteiger partial charge is 0.454 e. The molecule has 0 radical (unpaired) electrons. The summed E-state index contributed by atoms with van der Waals surface area (Å²) in [5.41, 5.74) is 3.95. The molecule has 0 saturated carbocycles. The van der Waals surface area contributed by atoms with Crippen molar-refractivity contribution in [3.8, 4) is 0 Å². The molecule has 0 bridgehead atoms. The third kappa shape index (κ3) is 4.76. The van der Waals surface area contributed by atoms with E-state index in [4.69, 9.17) is 16.3 Å². The van der Waals surface area contributed by atoms with Gasteiger partial charge < -0.3 is 9.72 Å². The molecule has 4 aromatic rings. The van der Waals surface area contributed by atoms with E-state index in [9.17, 15) is 9.59 Å². The lowest BCUT2D eigenvalue weighted by atomic mass is 10.1. The van der Waals surface area contributed by atoms with Gasteiger partial charge in [-0.15, -0.1) is 11.3 Å². The first-order valence-corrected chi connectivity index (χ1v) is 10.8. The minimum absolute atomic E-state index is 0.135. The topological polar surface area (TPSA) is 89.9 Å². The van der Waals surface area contributed by atoms with E-state index < -0.39 is 5.97 Å². The molecule has 3 aromatic heterocycles. The van der Waals surface area contributed by atoms with Crippen molar-refractivity contribution < 1.29 is 9.53 Å². The number of H-pyrrole nitrogens is 1. The molecule has 0 spiro atoms. The van der Waals surface area contributed by atoms with Crippen molar-refractivity contribution in [1.29, 1.82) is 0 Å². The predicted octanol–water partition coefficient (Wildman–Crippen LogP) is 4.26. The van der Waals surface area contributed by atoms with Gasteiger partial charge in [-0.1, -0.05) is 41.4 Å². The maximum atomic E-state index is 12.1. The normalized spacial score (nSPS) is 11.5. The first-order valence-electron chi connectivity index (χ1n) is 9.50. The highest BCUT2D eigenvalue weighted by Gasteiger charge is 2.12. The number of hydrogen-bond acceptors (Lipinski definition) is 6. The Bertz CT molecular complexity index is 1340. The van der Waals surface area contributed by atoms with Gasteiger partial charge in [-0.2, -0.15) is 5.10 Å². The van der Waals surface area contributed by atoms with Crippen LogP contribution in [-0.4, -0.2) is 25.7 Å². The molecule has 0 saturated heterocycles. The second kappa shape index (κ2) is 8.87. The lowest BCUT2D eigenvalue weighted by molar-refractivity contribution is -0.139. The van der Waals surface area contributed by atoms with Crippen LogP contribution in [-0.2, 0) is 22.7 Å². The Balaban J connectivity index is 1.42. The number of esters is 1. The lowest BCUT2D eigenvalue weighted by Crippen LogP contribution is -2.12. The summed E-state index contributed by atoms with van der Waals surface area (Å²) in [5, 5.41) is 6.69. The smallest absolute Gasteiger partial charge is 0.331 e. The molecular formula is C22H19ClN4O3S. The molecule has 0 atom stereocenters. The summed E-state index contributed by atoms with van der Waals surface area (Å²) in [7, 11) is 0. The molecule has 1 N–H and O–H groups in total. The molecule has 4 rings (SSSR count). The van der Waals surface area contributed by atoms with Gasteiger partial charge in [0.1, 0.15) is 22.3 Å². The Morgan fingerprint density at radius 3 is 2.81 bits per heavy atom. The maximum Gasteiger partial charge on any atom is 0.331 e. The average molecular weight is 455 g/mol. The van der Waals surface area contributed by atoms with Crippen LogP contribution in [0.25, 0.3) is 16.3 Å². The minimum Gasteiger partial charge on any atom is -0.454 e. The average Bonchev–Trinajstić information content (AvgIpc) is 3.32. The summed E-state index contributed by atoms with van der Waals surface area (Å²) in [4.78, 5) is 31.0. The molecule has 31 heavy (non-hydrogen) atoms. The van der Waals surface area contributed by atoms with Crippen LogP contribution in [0.5, 0.6) is 0 Å². The highest BCUT2D eigenvalue weighted by atomic mass is 35.5. The number of benzene rings is 1. The van der Waals surface area contributed by atoms with Crippen LogP contribution in [0, 0.1) is 13.8 Å². The fourth-order valence-corrected chi connectivity index (χ4v) is 4.08. The van der Waals surface area contributed by atoms with Crippen molar-refractivity contribution >= 4 is 45.2 Å². The van der Waals surface area contributed by atoms with Crippen LogP contribution in [0.4, 0.5) is 0 Å². The van der Waals surface area contributed by atoms with Crippen LogP contribution in [0.1, 0.15) is 28.2 Å². The number of aromatic nitrogens is 4. The second-order valence-corrected chi connectivity index (χ2v) is 8.30. The van der Waals surface area contributed by atoms with Crippen molar-refractivity contribution in [2.45, 2.75) is 27.0 Å². The molecule has 1 aromatic carbocycles. The highest BCUT2D eigenvalue weighted by molar-refractivity contribution is 7.17. The van der Waals surface area contributed by atoms with Crippen molar-refractivity contribution in [3.05, 3.63) is 85.5 Å². The van der Waals surface area contributed by atoms with Crippen molar-refractivity contribution in [1.82, 2.24) is 19.7 Å². The van der Waals surface area contributed by atoms with Gasteiger partial charge in [0.05, 0.1) is 17.8 Å². The molecule has 158 valence electrons. The molecule has 0 unspecified atom stereocenters. The SMILES string of the molecule is Cc1ccc(Cn2nc(C)c(C=CC(=O)OCc3nc4ccsc4c(=O)[nH]3)c2Cl)cc1. The monoisotopic (exact) mass is 454 g/mol. The van der Waals surface area contributed by atoms with E-state index in [2.05, 4.69) is 15.1 Å². The summed E-state index contributed by atoms with van der Waals surface area (Å²) in [6.45, 7) is 4.25. The summed E-state index contributed by atoms with van der Waals surface area (Å²) in [5.74, 6) is -0.285. The number of carbonyl (C=O) groups excluding carboxylic acids is 1. The van der Waals surface area contributed by atoms with E-state index in [0.717, 1.165) is 5.56 Å². The van der Waals surface area contributed by atoms with E-state index >= 15 is 0 Å². The van der Waals surface area contributed by atoms with Crippen LogP contribution in [0.15, 0.2) is 46.6 Å². The number of ether oxygens (including phenoxy) is 1. The molecule has 0 amide bonds. The van der Waals surface area contributed by atoms with Crippen molar-refractivity contribution in [2.75, 3.05) is 0 Å². The minimum atomic E-state index is -0.574. The lowest BCUT2D eigenvalue weighted by Gasteiger charge is -2.04. The van der Waals surface area contributed by atoms with Gasteiger partial charge in [0.15, 0.2) is 0 Å². The number of halogens is 1. The van der Waals surface area contributed by atoms with E-state index in [1.54, 1.807) is 22.2 Å². The number of aryl methyl sites for hydroxylation is 2. The Morgan fingerprint density at radius 2 is 2.03 bits per heavy atom. The zero-order chi connectivity index (χ0) is 22.0. The Hall–Kier alpha value is -3.23. The molecule has 9 heteroatoms. The number of thiophene rings is 1. The Labute approximate surface area is 187 Å². The number of hydrogen-bond donors (Lipinski definition) is 1. The highest BCUT2D eigenvalue weighted by Crippen LogP contribution is 2.22. The quantitative estimate of drug-likeness (QED) is 0.347. The van der Waals surface area contributed by atoms with Gasteiger partial charge in [0, 0.05) is 11.6 Å². The van der Waals surface area contributed by atoms with E-state index in [0.29, 0.717) is 33.2 Å². The van der Waals surface area contributed by atoms with Gasteiger partial charge in [0.25, 0.3) is 5.56 Å². The maximum absolute atomic E-state index is 12.1. The van der Waals surface area contributed by atoms with Crippen LogP contribution in [0.2, 0.25) is 5.15 Å². The number of nitrogens with zero attached hydrogens (tertiary/aromatic N) is 3. The predicted molar refractivity (Wildman–Crippen MR) is 121 cm³/mol. The fourth-order valence-electron chi connectivity index (χ4n) is 3.06. The van der Waals surface area contributed by atoms with Crippen molar-refractivity contribution in [3.63, 3.8) is 0 Å². The molecule has 0 fully saturated rings. The van der Waals surface area contributed by atoms with Gasteiger partial charge in [-0.3, -0.25) is 4.79 Å². The summed E-state index contributed by atoms with van der Waals surface area (Å²) in [6, 6.07) is 9.88. The molecule has 0 aliphatic rings. The van der Waals surface area contributed by atoms with Gasteiger partial charge in [0.2, 0.25) is 0 Å². The molecule has 3 heterocycles.